The fourth-order valence-electron chi connectivity index (χ4n) is 1.17. The topological polar surface area (TPSA) is 144 Å². The van der Waals surface area contributed by atoms with Crippen molar-refractivity contribution < 1.29 is 13.0 Å². The summed E-state index contributed by atoms with van der Waals surface area (Å²) in [6.07, 6.45) is 0.715. The number of hydrogen-bond acceptors (Lipinski definition) is 7. The number of nitrogens with two attached hydrogens (primary N) is 2. The van der Waals surface area contributed by atoms with Gasteiger partial charge in [0.15, 0.2) is 5.82 Å². The standard InChI is InChI=1S/C11H11N5.CH4O3S.ClH/c12-10-7-6-9(11(13)14-10)16-15-8-4-2-1-3-5-8;1-5(2,3)4;/h1-7H,(H4,12,13,14);1H3,(H,2,3,4);1H. The molecule has 1 heterocycles. The van der Waals surface area contributed by atoms with Gasteiger partial charge in [-0.25, -0.2) is 4.98 Å². The van der Waals surface area contributed by atoms with Crippen LogP contribution in [0.4, 0.5) is 23.0 Å². The third-order valence-corrected chi connectivity index (χ3v) is 1.95. The summed E-state index contributed by atoms with van der Waals surface area (Å²) in [6, 6.07) is 12.7. The second-order valence-corrected chi connectivity index (χ2v) is 5.38. The Morgan fingerprint density at radius 3 is 2.09 bits per heavy atom. The monoisotopic (exact) mass is 345 g/mol. The SMILES string of the molecule is CS(=O)(=O)O.Cl.Nc1ccc(N=Nc2ccccc2)c(N)n1. The third kappa shape index (κ3) is 8.84. The van der Waals surface area contributed by atoms with Gasteiger partial charge in [0.25, 0.3) is 10.1 Å². The van der Waals surface area contributed by atoms with E-state index in [1.54, 1.807) is 12.1 Å². The average molecular weight is 346 g/mol. The first-order chi connectivity index (χ1) is 9.75. The summed E-state index contributed by atoms with van der Waals surface area (Å²) in [5, 5.41) is 8.03. The lowest BCUT2D eigenvalue weighted by Crippen LogP contribution is -1.95. The summed E-state index contributed by atoms with van der Waals surface area (Å²) in [7, 11) is -3.67. The predicted octanol–water partition coefficient (Wildman–Crippen LogP) is 2.59. The maximum Gasteiger partial charge on any atom is 0.261 e. The Kier molecular flexibility index (Phi) is 8.02. The van der Waals surface area contributed by atoms with Crippen molar-refractivity contribution in [2.75, 3.05) is 17.7 Å². The minimum absolute atomic E-state index is 0. The van der Waals surface area contributed by atoms with Crippen molar-refractivity contribution in [3.8, 4) is 0 Å². The van der Waals surface area contributed by atoms with Crippen LogP contribution in [0.3, 0.4) is 0 Å². The molecule has 0 aliphatic heterocycles. The fourth-order valence-corrected chi connectivity index (χ4v) is 1.17. The second kappa shape index (κ2) is 8.93. The molecule has 2 aromatic rings. The Bertz CT molecular complexity index is 715. The fraction of sp³-hybridized carbons (Fsp3) is 0.0833. The first-order valence-corrected chi connectivity index (χ1v) is 7.52. The summed E-state index contributed by atoms with van der Waals surface area (Å²) in [5.74, 6) is 0.649. The number of azo groups is 1. The van der Waals surface area contributed by atoms with Crippen LogP contribution in [0, 0.1) is 0 Å². The molecule has 0 fully saturated rings. The molecule has 120 valence electrons. The molecule has 22 heavy (non-hydrogen) atoms. The Morgan fingerprint density at radius 1 is 1.05 bits per heavy atom. The number of hydrogen-bond donors (Lipinski definition) is 3. The Balaban J connectivity index is 0.000000644. The highest BCUT2D eigenvalue weighted by Crippen LogP contribution is 2.23. The van der Waals surface area contributed by atoms with E-state index < -0.39 is 10.1 Å². The molecule has 5 N–H and O–H groups in total. The van der Waals surface area contributed by atoms with Crippen molar-refractivity contribution >= 4 is 45.5 Å². The van der Waals surface area contributed by atoms with Crippen LogP contribution in [0.2, 0.25) is 0 Å². The van der Waals surface area contributed by atoms with Gasteiger partial charge in [-0.2, -0.15) is 13.5 Å². The van der Waals surface area contributed by atoms with E-state index in [4.69, 9.17) is 16.0 Å². The molecule has 10 heteroatoms. The summed E-state index contributed by atoms with van der Waals surface area (Å²) in [6.45, 7) is 0. The lowest BCUT2D eigenvalue weighted by Gasteiger charge is -1.98. The van der Waals surface area contributed by atoms with Gasteiger partial charge in [-0.15, -0.1) is 17.5 Å². The molecular formula is C12H16ClN5O3S. The number of nitrogens with zero attached hydrogens (tertiary/aromatic N) is 3. The maximum atomic E-state index is 9.19. The van der Waals surface area contributed by atoms with E-state index in [9.17, 15) is 8.42 Å². The second-order valence-electron chi connectivity index (χ2n) is 3.91. The van der Waals surface area contributed by atoms with E-state index in [0.29, 0.717) is 17.8 Å². The minimum atomic E-state index is -3.67. The van der Waals surface area contributed by atoms with E-state index in [-0.39, 0.29) is 18.2 Å². The average Bonchev–Trinajstić information content (AvgIpc) is 2.37. The molecule has 0 aliphatic rings. The zero-order valence-electron chi connectivity index (χ0n) is 11.6. The molecular weight excluding hydrogens is 330 g/mol. The van der Waals surface area contributed by atoms with E-state index in [1.807, 2.05) is 30.3 Å². The van der Waals surface area contributed by atoms with Crippen LogP contribution in [-0.2, 0) is 10.1 Å². The Hall–Kier alpha value is -2.23. The molecule has 0 saturated heterocycles. The van der Waals surface area contributed by atoms with Crippen LogP contribution >= 0.6 is 12.4 Å². The van der Waals surface area contributed by atoms with Crippen LogP contribution in [0.25, 0.3) is 0 Å². The lowest BCUT2D eigenvalue weighted by molar-refractivity contribution is 0.490. The van der Waals surface area contributed by atoms with Crippen molar-refractivity contribution in [3.63, 3.8) is 0 Å². The first kappa shape index (κ1) is 19.8. The van der Waals surface area contributed by atoms with E-state index in [2.05, 4.69) is 15.2 Å². The molecule has 8 nitrogen and oxygen atoms in total. The van der Waals surface area contributed by atoms with Gasteiger partial charge in [-0.3, -0.25) is 4.55 Å². The van der Waals surface area contributed by atoms with E-state index in [1.165, 1.54) is 0 Å². The highest BCUT2D eigenvalue weighted by atomic mass is 35.5. The van der Waals surface area contributed by atoms with Crippen LogP contribution in [-0.4, -0.2) is 24.2 Å². The van der Waals surface area contributed by atoms with Gasteiger partial charge in [0.05, 0.1) is 11.9 Å². The largest absolute Gasteiger partial charge is 0.384 e. The number of aromatic nitrogens is 1. The van der Waals surface area contributed by atoms with Gasteiger partial charge in [0.2, 0.25) is 0 Å². The van der Waals surface area contributed by atoms with Crippen LogP contribution in [0.5, 0.6) is 0 Å². The zero-order chi connectivity index (χ0) is 15.9. The number of benzene rings is 1. The van der Waals surface area contributed by atoms with Crippen molar-refractivity contribution in [2.24, 2.45) is 10.2 Å². The summed E-state index contributed by atoms with van der Waals surface area (Å²) < 4.78 is 25.9. The Morgan fingerprint density at radius 2 is 1.59 bits per heavy atom. The maximum absolute atomic E-state index is 9.19. The van der Waals surface area contributed by atoms with Gasteiger partial charge >= 0.3 is 0 Å². The first-order valence-electron chi connectivity index (χ1n) is 5.67. The quantitative estimate of drug-likeness (QED) is 0.563. The van der Waals surface area contributed by atoms with E-state index >= 15 is 0 Å². The minimum Gasteiger partial charge on any atom is -0.384 e. The van der Waals surface area contributed by atoms with Gasteiger partial charge in [0, 0.05) is 0 Å². The molecule has 1 aromatic carbocycles. The lowest BCUT2D eigenvalue weighted by atomic mass is 10.3. The molecule has 0 unspecified atom stereocenters. The van der Waals surface area contributed by atoms with Crippen LogP contribution in [0.15, 0.2) is 52.7 Å². The number of rotatable bonds is 2. The van der Waals surface area contributed by atoms with Crippen LogP contribution in [0.1, 0.15) is 0 Å². The molecule has 0 saturated carbocycles. The number of pyridine rings is 1. The zero-order valence-corrected chi connectivity index (χ0v) is 13.3. The molecule has 0 bridgehead atoms. The predicted molar refractivity (Wildman–Crippen MR) is 88.4 cm³/mol. The molecule has 1 aromatic heterocycles. The summed E-state index contributed by atoms with van der Waals surface area (Å²) >= 11 is 0. The van der Waals surface area contributed by atoms with Crippen molar-refractivity contribution in [1.82, 2.24) is 4.98 Å². The highest BCUT2D eigenvalue weighted by Gasteiger charge is 1.98. The molecule has 0 atom stereocenters. The van der Waals surface area contributed by atoms with Gasteiger partial charge in [-0.1, -0.05) is 18.2 Å². The van der Waals surface area contributed by atoms with Crippen molar-refractivity contribution in [2.45, 2.75) is 0 Å². The van der Waals surface area contributed by atoms with Crippen LogP contribution < -0.4 is 11.5 Å². The third-order valence-electron chi connectivity index (χ3n) is 1.95. The molecule has 0 spiro atoms. The summed E-state index contributed by atoms with van der Waals surface area (Å²) in [4.78, 5) is 3.89. The Labute approximate surface area is 134 Å². The molecule has 0 aliphatic carbocycles. The van der Waals surface area contributed by atoms with Crippen molar-refractivity contribution in [3.05, 3.63) is 42.5 Å². The van der Waals surface area contributed by atoms with Gasteiger partial charge in [0.1, 0.15) is 11.5 Å². The molecule has 0 amide bonds. The molecule has 0 radical (unpaired) electrons. The summed E-state index contributed by atoms with van der Waals surface area (Å²) in [5.41, 5.74) is 12.4. The van der Waals surface area contributed by atoms with E-state index in [0.717, 1.165) is 5.69 Å². The number of nitrogen functional groups attached to an aromatic ring is 2. The highest BCUT2D eigenvalue weighted by molar-refractivity contribution is 7.85. The van der Waals surface area contributed by atoms with Crippen molar-refractivity contribution in [1.29, 1.82) is 0 Å². The van der Waals surface area contributed by atoms with Gasteiger partial charge in [-0.05, 0) is 24.3 Å². The number of anilines is 2. The number of halogens is 1. The normalized spacial score (nSPS) is 10.5. The van der Waals surface area contributed by atoms with Gasteiger partial charge < -0.3 is 11.5 Å². The smallest absolute Gasteiger partial charge is 0.261 e. The molecule has 2 rings (SSSR count).